The Kier molecular flexibility index (Phi) is 4.90. The van der Waals surface area contributed by atoms with Gasteiger partial charge in [-0.25, -0.2) is 4.98 Å². The minimum Gasteiger partial charge on any atom is -0.454 e. The lowest BCUT2D eigenvalue weighted by Crippen LogP contribution is -2.49. The predicted octanol–water partition coefficient (Wildman–Crippen LogP) is 3.89. The van der Waals surface area contributed by atoms with E-state index in [9.17, 15) is 0 Å². The molecular formula is C20H27N3O2S. The highest BCUT2D eigenvalue weighted by molar-refractivity contribution is 7.13. The second-order valence-electron chi connectivity index (χ2n) is 8.03. The van der Waals surface area contributed by atoms with Gasteiger partial charge in [-0.05, 0) is 51.8 Å². The monoisotopic (exact) mass is 373 g/mol. The molecule has 0 spiro atoms. The Morgan fingerprint density at radius 3 is 2.73 bits per heavy atom. The fourth-order valence-corrected chi connectivity index (χ4v) is 4.37. The van der Waals surface area contributed by atoms with Gasteiger partial charge in [0.1, 0.15) is 5.01 Å². The van der Waals surface area contributed by atoms with Gasteiger partial charge in [0.15, 0.2) is 11.5 Å². The zero-order valence-electron chi connectivity index (χ0n) is 15.7. The lowest BCUT2D eigenvalue weighted by molar-refractivity contribution is 0.0959. The van der Waals surface area contributed by atoms with E-state index in [0.717, 1.165) is 34.3 Å². The van der Waals surface area contributed by atoms with Crippen LogP contribution in [0.2, 0.25) is 0 Å². The first kappa shape index (κ1) is 17.8. The number of thiazole rings is 1. The number of nitrogens with zero attached hydrogens (tertiary/aromatic N) is 2. The summed E-state index contributed by atoms with van der Waals surface area (Å²) in [4.78, 5) is 7.37. The fraction of sp³-hybridized carbons (Fsp3) is 0.550. The Hall–Kier alpha value is -1.63. The summed E-state index contributed by atoms with van der Waals surface area (Å²) in [6.07, 6.45) is 2.41. The molecule has 2 aromatic rings. The summed E-state index contributed by atoms with van der Waals surface area (Å²) in [5.74, 6) is 1.62. The minimum absolute atomic E-state index is 0.277. The minimum atomic E-state index is 0.277. The molecule has 140 valence electrons. The van der Waals surface area contributed by atoms with Crippen LogP contribution in [-0.4, -0.2) is 41.3 Å². The van der Waals surface area contributed by atoms with E-state index in [-0.39, 0.29) is 5.54 Å². The summed E-state index contributed by atoms with van der Waals surface area (Å²) in [7, 11) is 0. The highest BCUT2D eigenvalue weighted by atomic mass is 32.1. The summed E-state index contributed by atoms with van der Waals surface area (Å²) in [6, 6.07) is 6.61. The zero-order chi connectivity index (χ0) is 18.1. The van der Waals surface area contributed by atoms with Crippen molar-refractivity contribution >= 4 is 11.3 Å². The quantitative estimate of drug-likeness (QED) is 0.881. The summed E-state index contributed by atoms with van der Waals surface area (Å²) in [6.45, 7) is 10.4. The third kappa shape index (κ3) is 3.87. The maximum Gasteiger partial charge on any atom is 0.231 e. The smallest absolute Gasteiger partial charge is 0.231 e. The number of hydrogen-bond donors (Lipinski definition) is 1. The molecule has 5 nitrogen and oxygen atoms in total. The number of piperidine rings is 1. The van der Waals surface area contributed by atoms with Crippen molar-refractivity contribution in [2.75, 3.05) is 19.9 Å². The molecule has 0 bridgehead atoms. The molecule has 1 aromatic heterocycles. The van der Waals surface area contributed by atoms with Crippen molar-refractivity contribution in [3.05, 3.63) is 29.3 Å². The molecule has 2 aliphatic heterocycles. The third-order valence-electron chi connectivity index (χ3n) is 5.19. The number of likely N-dealkylation sites (tertiary alicyclic amines) is 1. The van der Waals surface area contributed by atoms with E-state index in [1.807, 2.05) is 18.2 Å². The molecule has 26 heavy (non-hydrogen) atoms. The first-order valence-corrected chi connectivity index (χ1v) is 10.2. The van der Waals surface area contributed by atoms with E-state index in [0.29, 0.717) is 12.8 Å². The number of benzene rings is 1. The summed E-state index contributed by atoms with van der Waals surface area (Å²) < 4.78 is 10.8. The molecule has 0 unspecified atom stereocenters. The zero-order valence-corrected chi connectivity index (χ0v) is 16.6. The van der Waals surface area contributed by atoms with E-state index in [2.05, 4.69) is 36.4 Å². The van der Waals surface area contributed by atoms with Gasteiger partial charge in [0, 0.05) is 42.2 Å². The number of aromatic nitrogens is 1. The van der Waals surface area contributed by atoms with Gasteiger partial charge < -0.3 is 14.8 Å². The lowest BCUT2D eigenvalue weighted by Gasteiger charge is -2.41. The molecule has 0 radical (unpaired) electrons. The van der Waals surface area contributed by atoms with E-state index in [4.69, 9.17) is 14.5 Å². The van der Waals surface area contributed by atoms with Crippen LogP contribution in [0.3, 0.4) is 0 Å². The van der Waals surface area contributed by atoms with Crippen molar-refractivity contribution in [1.82, 2.24) is 15.2 Å². The van der Waals surface area contributed by atoms with Gasteiger partial charge in [0.25, 0.3) is 0 Å². The Balaban J connectivity index is 1.32. The maximum atomic E-state index is 5.47. The molecule has 1 aromatic carbocycles. The molecule has 0 aliphatic carbocycles. The van der Waals surface area contributed by atoms with Crippen molar-refractivity contribution in [2.45, 2.75) is 51.7 Å². The van der Waals surface area contributed by atoms with Crippen molar-refractivity contribution < 1.29 is 9.47 Å². The highest BCUT2D eigenvalue weighted by Crippen LogP contribution is 2.36. The average Bonchev–Trinajstić information content (AvgIpc) is 3.28. The van der Waals surface area contributed by atoms with Gasteiger partial charge in [0.2, 0.25) is 6.79 Å². The fourth-order valence-electron chi connectivity index (χ4n) is 3.55. The van der Waals surface area contributed by atoms with Crippen LogP contribution in [0.15, 0.2) is 23.6 Å². The second kappa shape index (κ2) is 7.18. The standard InChI is InChI=1S/C20H27N3O2S/c1-20(2,3)23-8-6-15(7-9-23)21-11-16-12-26-19(22-16)14-4-5-17-18(10-14)25-13-24-17/h4-5,10,12,15,21H,6-9,11,13H2,1-3H3. The highest BCUT2D eigenvalue weighted by Gasteiger charge is 2.26. The van der Waals surface area contributed by atoms with E-state index >= 15 is 0 Å². The van der Waals surface area contributed by atoms with Crippen molar-refractivity contribution in [1.29, 1.82) is 0 Å². The Bertz CT molecular complexity index is 761. The van der Waals surface area contributed by atoms with Crippen LogP contribution < -0.4 is 14.8 Å². The van der Waals surface area contributed by atoms with Crippen LogP contribution in [-0.2, 0) is 6.54 Å². The first-order valence-electron chi connectivity index (χ1n) is 9.32. The summed E-state index contributed by atoms with van der Waals surface area (Å²) >= 11 is 1.68. The normalized spacial score (nSPS) is 18.4. The van der Waals surface area contributed by atoms with E-state index < -0.39 is 0 Å². The largest absolute Gasteiger partial charge is 0.454 e. The van der Waals surface area contributed by atoms with Crippen LogP contribution in [0.5, 0.6) is 11.5 Å². The van der Waals surface area contributed by atoms with Gasteiger partial charge in [-0.1, -0.05) is 0 Å². The molecule has 4 rings (SSSR count). The number of ether oxygens (including phenoxy) is 2. The number of hydrogen-bond acceptors (Lipinski definition) is 6. The summed E-state index contributed by atoms with van der Waals surface area (Å²) in [5, 5.41) is 6.87. The molecule has 2 aliphatic rings. The molecule has 0 atom stereocenters. The van der Waals surface area contributed by atoms with Gasteiger partial charge >= 0.3 is 0 Å². The van der Waals surface area contributed by atoms with Gasteiger partial charge in [-0.15, -0.1) is 11.3 Å². The number of nitrogens with one attached hydrogen (secondary N) is 1. The van der Waals surface area contributed by atoms with E-state index in [1.165, 1.54) is 25.9 Å². The van der Waals surface area contributed by atoms with Crippen LogP contribution in [0.4, 0.5) is 0 Å². The van der Waals surface area contributed by atoms with Crippen molar-refractivity contribution in [3.8, 4) is 22.1 Å². The molecule has 0 amide bonds. The SMILES string of the molecule is CC(C)(C)N1CCC(NCc2csc(-c3ccc4c(c3)OCO4)n2)CC1. The molecule has 1 N–H and O–H groups in total. The Morgan fingerprint density at radius 1 is 1.19 bits per heavy atom. The van der Waals surface area contributed by atoms with Crippen LogP contribution in [0.25, 0.3) is 10.6 Å². The molecule has 3 heterocycles. The molecule has 1 fully saturated rings. The predicted molar refractivity (Wildman–Crippen MR) is 105 cm³/mol. The Labute approximate surface area is 159 Å². The van der Waals surface area contributed by atoms with Gasteiger partial charge in [-0.2, -0.15) is 0 Å². The molecule has 6 heteroatoms. The molecule has 0 saturated carbocycles. The topological polar surface area (TPSA) is 46.6 Å². The van der Waals surface area contributed by atoms with Crippen LogP contribution in [0.1, 0.15) is 39.3 Å². The van der Waals surface area contributed by atoms with Crippen LogP contribution in [0, 0.1) is 0 Å². The van der Waals surface area contributed by atoms with Gasteiger partial charge in [-0.3, -0.25) is 4.90 Å². The van der Waals surface area contributed by atoms with Crippen LogP contribution >= 0.6 is 11.3 Å². The molecule has 1 saturated heterocycles. The second-order valence-corrected chi connectivity index (χ2v) is 8.88. The van der Waals surface area contributed by atoms with Gasteiger partial charge in [0.05, 0.1) is 5.69 Å². The Morgan fingerprint density at radius 2 is 1.96 bits per heavy atom. The van der Waals surface area contributed by atoms with Crippen molar-refractivity contribution in [3.63, 3.8) is 0 Å². The average molecular weight is 374 g/mol. The van der Waals surface area contributed by atoms with E-state index in [1.54, 1.807) is 11.3 Å². The maximum absolute atomic E-state index is 5.47. The molecular weight excluding hydrogens is 346 g/mol. The van der Waals surface area contributed by atoms with Crippen molar-refractivity contribution in [2.24, 2.45) is 0 Å². The lowest BCUT2D eigenvalue weighted by atomic mass is 9.98. The first-order chi connectivity index (χ1) is 12.5. The third-order valence-corrected chi connectivity index (χ3v) is 6.13. The summed E-state index contributed by atoms with van der Waals surface area (Å²) in [5.41, 5.74) is 2.48. The number of rotatable bonds is 4. The number of fused-ring (bicyclic) bond motifs is 1.